The average molecular weight is 354 g/mol. The Balaban J connectivity index is 1.37. The molecule has 2 unspecified atom stereocenters. The molecule has 0 radical (unpaired) electrons. The Bertz CT molecular complexity index is 1070. The second kappa shape index (κ2) is 5.68. The zero-order valence-electron chi connectivity index (χ0n) is 15.3. The maximum atomic E-state index is 8.99. The van der Waals surface area contributed by atoms with Crippen LogP contribution in [0.3, 0.4) is 0 Å². The largest absolute Gasteiger partial charge is 0.323 e. The predicted molar refractivity (Wildman–Crippen MR) is 105 cm³/mol. The summed E-state index contributed by atoms with van der Waals surface area (Å²) < 4.78 is 2.52. The van der Waals surface area contributed by atoms with Crippen molar-refractivity contribution >= 4 is 11.0 Å². The van der Waals surface area contributed by atoms with Gasteiger partial charge in [-0.1, -0.05) is 24.6 Å². The number of nitriles is 1. The molecular formula is C23H22N4. The number of benzene rings is 2. The van der Waals surface area contributed by atoms with Gasteiger partial charge in [0.15, 0.2) is 0 Å². The number of aromatic nitrogens is 2. The van der Waals surface area contributed by atoms with E-state index in [4.69, 9.17) is 10.2 Å². The summed E-state index contributed by atoms with van der Waals surface area (Å²) >= 11 is 0. The van der Waals surface area contributed by atoms with Crippen LogP contribution < -0.4 is 0 Å². The number of imidazole rings is 1. The number of hydrogen-bond donors (Lipinski definition) is 0. The zero-order valence-corrected chi connectivity index (χ0v) is 15.3. The van der Waals surface area contributed by atoms with Crippen LogP contribution in [0.5, 0.6) is 0 Å². The van der Waals surface area contributed by atoms with Gasteiger partial charge in [-0.15, -0.1) is 0 Å². The molecule has 3 heterocycles. The predicted octanol–water partition coefficient (Wildman–Crippen LogP) is 4.30. The normalized spacial score (nSPS) is 24.6. The van der Waals surface area contributed by atoms with Crippen molar-refractivity contribution in [2.45, 2.75) is 50.2 Å². The number of nitrogens with zero attached hydrogens (tertiary/aromatic N) is 4. The van der Waals surface area contributed by atoms with Crippen LogP contribution in [0.25, 0.3) is 22.2 Å². The van der Waals surface area contributed by atoms with Crippen molar-refractivity contribution in [3.63, 3.8) is 0 Å². The van der Waals surface area contributed by atoms with Gasteiger partial charge in [-0.3, -0.25) is 4.90 Å². The average Bonchev–Trinajstić information content (AvgIpc) is 3.19. The highest BCUT2D eigenvalue weighted by Gasteiger charge is 2.43. The Kier molecular flexibility index (Phi) is 3.24. The first-order chi connectivity index (χ1) is 13.3. The molecule has 0 spiro atoms. The van der Waals surface area contributed by atoms with Crippen molar-refractivity contribution in [1.82, 2.24) is 14.5 Å². The first-order valence-corrected chi connectivity index (χ1v) is 10.1. The topological polar surface area (TPSA) is 44.9 Å². The van der Waals surface area contributed by atoms with E-state index in [1.165, 1.54) is 49.1 Å². The molecule has 2 aromatic carbocycles. The molecule has 27 heavy (non-hydrogen) atoms. The minimum absolute atomic E-state index is 0.588. The maximum absolute atomic E-state index is 8.99. The monoisotopic (exact) mass is 354 g/mol. The molecule has 3 aliphatic rings. The SMILES string of the molecule is N#Cc1ccc(-c2ccc3c(c2)nc2n3C3CC(C2)N(C2CCC2)C3)cc1. The first-order valence-electron chi connectivity index (χ1n) is 10.1. The van der Waals surface area contributed by atoms with Crippen LogP contribution in [-0.2, 0) is 6.42 Å². The molecule has 2 fully saturated rings. The Labute approximate surface area is 159 Å². The van der Waals surface area contributed by atoms with Crippen LogP contribution in [0.4, 0.5) is 0 Å². The fraction of sp³-hybridized carbons (Fsp3) is 0.391. The zero-order chi connectivity index (χ0) is 18.0. The highest BCUT2D eigenvalue weighted by molar-refractivity contribution is 5.83. The maximum Gasteiger partial charge on any atom is 0.111 e. The lowest BCUT2D eigenvalue weighted by atomic mass is 9.90. The van der Waals surface area contributed by atoms with Crippen molar-refractivity contribution in [3.05, 3.63) is 53.9 Å². The third-order valence-corrected chi connectivity index (χ3v) is 6.87. The van der Waals surface area contributed by atoms with E-state index in [9.17, 15) is 0 Å². The Morgan fingerprint density at radius 1 is 0.963 bits per heavy atom. The molecule has 2 aliphatic heterocycles. The molecule has 6 rings (SSSR count). The van der Waals surface area contributed by atoms with Crippen molar-refractivity contribution in [3.8, 4) is 17.2 Å². The van der Waals surface area contributed by atoms with Crippen LogP contribution in [-0.4, -0.2) is 33.1 Å². The van der Waals surface area contributed by atoms with Gasteiger partial charge in [0.2, 0.25) is 0 Å². The number of fused-ring (bicyclic) bond motifs is 6. The molecular weight excluding hydrogens is 332 g/mol. The van der Waals surface area contributed by atoms with Gasteiger partial charge in [0.25, 0.3) is 0 Å². The number of likely N-dealkylation sites (tertiary alicyclic amines) is 1. The van der Waals surface area contributed by atoms with Gasteiger partial charge >= 0.3 is 0 Å². The smallest absolute Gasteiger partial charge is 0.111 e. The number of rotatable bonds is 2. The third kappa shape index (κ3) is 2.28. The van der Waals surface area contributed by atoms with Gasteiger partial charge in [0, 0.05) is 31.1 Å². The van der Waals surface area contributed by atoms with E-state index in [-0.39, 0.29) is 0 Å². The molecule has 1 aromatic heterocycles. The van der Waals surface area contributed by atoms with E-state index < -0.39 is 0 Å². The lowest BCUT2D eigenvalue weighted by Crippen LogP contribution is -2.43. The fourth-order valence-corrected chi connectivity index (χ4v) is 5.30. The van der Waals surface area contributed by atoms with Gasteiger partial charge in [0.05, 0.1) is 22.7 Å². The van der Waals surface area contributed by atoms with Crippen LogP contribution in [0.1, 0.15) is 43.1 Å². The quantitative estimate of drug-likeness (QED) is 0.689. The van der Waals surface area contributed by atoms with Crippen LogP contribution in [0.15, 0.2) is 42.5 Å². The molecule has 1 aliphatic carbocycles. The van der Waals surface area contributed by atoms with Gasteiger partial charge < -0.3 is 4.57 Å². The minimum Gasteiger partial charge on any atom is -0.323 e. The molecule has 0 amide bonds. The summed E-state index contributed by atoms with van der Waals surface area (Å²) in [4.78, 5) is 7.81. The van der Waals surface area contributed by atoms with E-state index in [1.807, 2.05) is 24.3 Å². The van der Waals surface area contributed by atoms with E-state index in [2.05, 4.69) is 33.7 Å². The van der Waals surface area contributed by atoms with Gasteiger partial charge in [0.1, 0.15) is 5.82 Å². The summed E-state index contributed by atoms with van der Waals surface area (Å²) in [6.45, 7) is 1.20. The summed E-state index contributed by atoms with van der Waals surface area (Å²) in [5, 5.41) is 8.99. The Morgan fingerprint density at radius 3 is 2.52 bits per heavy atom. The summed E-state index contributed by atoms with van der Waals surface area (Å²) in [6.07, 6.45) is 6.56. The Hall–Kier alpha value is -2.64. The Morgan fingerprint density at radius 2 is 1.78 bits per heavy atom. The molecule has 2 atom stereocenters. The fourth-order valence-electron chi connectivity index (χ4n) is 5.30. The summed E-state index contributed by atoms with van der Waals surface area (Å²) in [5.41, 5.74) is 5.39. The lowest BCUT2D eigenvalue weighted by molar-refractivity contribution is 0.114. The molecule has 134 valence electrons. The second-order valence-electron chi connectivity index (χ2n) is 8.32. The van der Waals surface area contributed by atoms with E-state index in [1.54, 1.807) is 0 Å². The van der Waals surface area contributed by atoms with Crippen molar-refractivity contribution in [2.75, 3.05) is 6.54 Å². The van der Waals surface area contributed by atoms with Crippen LogP contribution in [0, 0.1) is 11.3 Å². The van der Waals surface area contributed by atoms with E-state index in [0.717, 1.165) is 23.5 Å². The summed E-state index contributed by atoms with van der Waals surface area (Å²) in [6, 6.07) is 18.8. The van der Waals surface area contributed by atoms with Gasteiger partial charge in [-0.2, -0.15) is 5.26 Å². The van der Waals surface area contributed by atoms with Crippen molar-refractivity contribution in [2.24, 2.45) is 0 Å². The van der Waals surface area contributed by atoms with Crippen LogP contribution in [0.2, 0.25) is 0 Å². The molecule has 0 N–H and O–H groups in total. The van der Waals surface area contributed by atoms with Crippen molar-refractivity contribution < 1.29 is 0 Å². The van der Waals surface area contributed by atoms with Crippen molar-refractivity contribution in [1.29, 1.82) is 5.26 Å². The van der Waals surface area contributed by atoms with E-state index >= 15 is 0 Å². The summed E-state index contributed by atoms with van der Waals surface area (Å²) in [7, 11) is 0. The molecule has 4 heteroatoms. The highest BCUT2D eigenvalue weighted by Crippen LogP contribution is 2.42. The second-order valence-corrected chi connectivity index (χ2v) is 8.32. The lowest BCUT2D eigenvalue weighted by Gasteiger charge is -2.38. The first kappa shape index (κ1) is 15.4. The van der Waals surface area contributed by atoms with Gasteiger partial charge in [-0.05, 0) is 54.7 Å². The minimum atomic E-state index is 0.588. The third-order valence-electron chi connectivity index (χ3n) is 6.87. The van der Waals surface area contributed by atoms with E-state index in [0.29, 0.717) is 17.6 Å². The molecule has 1 saturated heterocycles. The van der Waals surface area contributed by atoms with Crippen LogP contribution >= 0.6 is 0 Å². The summed E-state index contributed by atoms with van der Waals surface area (Å²) in [5.74, 6) is 1.27. The standard InChI is InChI=1S/C23H22N4/c24-13-15-4-6-16(7-5-15)17-8-9-22-21(10-17)25-23-12-19-11-20(27(22)23)14-26(19)18-2-1-3-18/h4-10,18-20H,1-3,11-12,14H2. The number of hydrogen-bond acceptors (Lipinski definition) is 3. The molecule has 3 aromatic rings. The molecule has 2 bridgehead atoms. The van der Waals surface area contributed by atoms with Gasteiger partial charge in [-0.25, -0.2) is 4.98 Å². The highest BCUT2D eigenvalue weighted by atomic mass is 15.3. The molecule has 4 nitrogen and oxygen atoms in total. The molecule has 1 saturated carbocycles.